The fourth-order valence-electron chi connectivity index (χ4n) is 3.93. The zero-order valence-electron chi connectivity index (χ0n) is 15.2. The summed E-state index contributed by atoms with van der Waals surface area (Å²) in [5.41, 5.74) is 1.000. The van der Waals surface area contributed by atoms with Crippen molar-refractivity contribution in [3.63, 3.8) is 0 Å². The van der Waals surface area contributed by atoms with Gasteiger partial charge in [-0.2, -0.15) is 0 Å². The van der Waals surface area contributed by atoms with Crippen LogP contribution in [0, 0.1) is 5.92 Å². The Bertz CT molecular complexity index is 1000. The third-order valence-corrected chi connectivity index (χ3v) is 5.36. The third kappa shape index (κ3) is 3.77. The number of nitrogens with zero attached hydrogens (tertiary/aromatic N) is 2. The number of nitrogens with one attached hydrogen (secondary N) is 1. The summed E-state index contributed by atoms with van der Waals surface area (Å²) in [6, 6.07) is 12.8. The number of pyridine rings is 2. The summed E-state index contributed by atoms with van der Waals surface area (Å²) in [6.45, 7) is 0.600. The average Bonchev–Trinajstić information content (AvgIpc) is 2.71. The molecule has 1 saturated carbocycles. The van der Waals surface area contributed by atoms with E-state index in [1.807, 2.05) is 30.3 Å². The van der Waals surface area contributed by atoms with Gasteiger partial charge in [0.15, 0.2) is 0 Å². The van der Waals surface area contributed by atoms with E-state index in [0.717, 1.165) is 18.2 Å². The second-order valence-electron chi connectivity index (χ2n) is 7.23. The molecule has 5 nitrogen and oxygen atoms in total. The normalized spacial score (nSPS) is 15.0. The van der Waals surface area contributed by atoms with Crippen LogP contribution in [0.1, 0.15) is 42.6 Å². The van der Waals surface area contributed by atoms with Gasteiger partial charge >= 0.3 is 0 Å². The molecule has 1 fully saturated rings. The maximum Gasteiger partial charge on any atom is 0.272 e. The van der Waals surface area contributed by atoms with Gasteiger partial charge in [-0.1, -0.05) is 37.5 Å². The molecule has 0 aliphatic heterocycles. The number of benzene rings is 1. The van der Waals surface area contributed by atoms with Crippen LogP contribution in [0.25, 0.3) is 10.8 Å². The van der Waals surface area contributed by atoms with Gasteiger partial charge in [0.25, 0.3) is 11.5 Å². The molecule has 3 aromatic rings. The minimum Gasteiger partial charge on any atom is -0.321 e. The van der Waals surface area contributed by atoms with Gasteiger partial charge in [0, 0.05) is 30.0 Å². The topological polar surface area (TPSA) is 64.0 Å². The van der Waals surface area contributed by atoms with E-state index in [9.17, 15) is 9.59 Å². The van der Waals surface area contributed by atoms with Crippen molar-refractivity contribution in [2.24, 2.45) is 5.92 Å². The molecular formula is C22H23N3O2. The average molecular weight is 361 g/mol. The molecule has 2 aromatic heterocycles. The van der Waals surface area contributed by atoms with Crippen molar-refractivity contribution in [1.82, 2.24) is 9.55 Å². The first-order valence-corrected chi connectivity index (χ1v) is 9.56. The molecular weight excluding hydrogens is 338 g/mol. The largest absolute Gasteiger partial charge is 0.321 e. The van der Waals surface area contributed by atoms with Gasteiger partial charge in [-0.15, -0.1) is 0 Å². The lowest BCUT2D eigenvalue weighted by molar-refractivity contribution is 0.101. The summed E-state index contributed by atoms with van der Waals surface area (Å²) < 4.78 is 1.68. The standard InChI is InChI=1S/C22H23N3O2/c26-21(24-18-10-12-23-13-11-18)20-14-17-8-4-5-9-19(17)22(27)25(20)15-16-6-2-1-3-7-16/h4-5,8-14,16H,1-3,6-7,15H2,(H,23,24,26). The molecule has 0 unspecified atom stereocenters. The van der Waals surface area contributed by atoms with Crippen molar-refractivity contribution < 1.29 is 4.79 Å². The van der Waals surface area contributed by atoms with Gasteiger partial charge in [0.2, 0.25) is 0 Å². The zero-order chi connectivity index (χ0) is 18.6. The highest BCUT2D eigenvalue weighted by molar-refractivity contribution is 6.05. The highest BCUT2D eigenvalue weighted by Crippen LogP contribution is 2.25. The van der Waals surface area contributed by atoms with Crippen LogP contribution in [0.2, 0.25) is 0 Å². The molecule has 0 bridgehead atoms. The smallest absolute Gasteiger partial charge is 0.272 e. The van der Waals surface area contributed by atoms with Crippen molar-refractivity contribution in [2.45, 2.75) is 38.6 Å². The Morgan fingerprint density at radius 3 is 2.59 bits per heavy atom. The van der Waals surface area contributed by atoms with Crippen LogP contribution in [-0.2, 0) is 6.54 Å². The number of aromatic nitrogens is 2. The number of fused-ring (bicyclic) bond motifs is 1. The molecule has 0 spiro atoms. The summed E-state index contributed by atoms with van der Waals surface area (Å²) >= 11 is 0. The van der Waals surface area contributed by atoms with Crippen LogP contribution in [0.15, 0.2) is 59.7 Å². The first kappa shape index (κ1) is 17.5. The van der Waals surface area contributed by atoms with E-state index in [0.29, 0.717) is 29.2 Å². The number of anilines is 1. The first-order valence-electron chi connectivity index (χ1n) is 9.56. The Morgan fingerprint density at radius 1 is 1.07 bits per heavy atom. The van der Waals surface area contributed by atoms with Crippen LogP contribution in [-0.4, -0.2) is 15.5 Å². The second kappa shape index (κ2) is 7.74. The Labute approximate surface area is 158 Å². The Balaban J connectivity index is 1.75. The fraction of sp³-hybridized carbons (Fsp3) is 0.318. The summed E-state index contributed by atoms with van der Waals surface area (Å²) in [7, 11) is 0. The number of amides is 1. The van der Waals surface area contributed by atoms with E-state index >= 15 is 0 Å². The minimum absolute atomic E-state index is 0.0847. The van der Waals surface area contributed by atoms with E-state index in [1.165, 1.54) is 19.3 Å². The quantitative estimate of drug-likeness (QED) is 0.756. The number of hydrogen-bond acceptors (Lipinski definition) is 3. The van der Waals surface area contributed by atoms with Crippen LogP contribution in [0.5, 0.6) is 0 Å². The lowest BCUT2D eigenvalue weighted by Crippen LogP contribution is -2.31. The van der Waals surface area contributed by atoms with Crippen LogP contribution in [0.4, 0.5) is 5.69 Å². The SMILES string of the molecule is O=C(Nc1ccncc1)c1cc2ccccc2c(=O)n1CC1CCCCC1. The Morgan fingerprint density at radius 2 is 1.81 bits per heavy atom. The van der Waals surface area contributed by atoms with Crippen molar-refractivity contribution in [3.05, 3.63) is 70.9 Å². The second-order valence-corrected chi connectivity index (χ2v) is 7.23. The van der Waals surface area contributed by atoms with Crippen molar-refractivity contribution >= 4 is 22.4 Å². The Hall–Kier alpha value is -2.95. The van der Waals surface area contributed by atoms with E-state index in [2.05, 4.69) is 10.3 Å². The summed E-state index contributed by atoms with van der Waals surface area (Å²) in [5, 5.41) is 4.34. The number of carbonyl (C=O) groups excluding carboxylic acids is 1. The molecule has 0 radical (unpaired) electrons. The zero-order valence-corrected chi connectivity index (χ0v) is 15.2. The third-order valence-electron chi connectivity index (χ3n) is 5.36. The molecule has 1 aromatic carbocycles. The molecule has 1 amide bonds. The van der Waals surface area contributed by atoms with Gasteiger partial charge in [-0.05, 0) is 48.4 Å². The van der Waals surface area contributed by atoms with Crippen molar-refractivity contribution in [2.75, 3.05) is 5.32 Å². The molecule has 27 heavy (non-hydrogen) atoms. The van der Waals surface area contributed by atoms with Gasteiger partial charge in [-0.3, -0.25) is 14.6 Å². The molecule has 2 heterocycles. The molecule has 5 heteroatoms. The van der Waals surface area contributed by atoms with Crippen LogP contribution >= 0.6 is 0 Å². The molecule has 1 aliphatic rings. The predicted octanol–water partition coefficient (Wildman–Crippen LogP) is 4.23. The van der Waals surface area contributed by atoms with Crippen molar-refractivity contribution in [1.29, 1.82) is 0 Å². The lowest BCUT2D eigenvalue weighted by atomic mass is 9.89. The highest BCUT2D eigenvalue weighted by Gasteiger charge is 2.20. The van der Waals surface area contributed by atoms with Crippen molar-refractivity contribution in [3.8, 4) is 0 Å². The molecule has 0 saturated heterocycles. The molecule has 138 valence electrons. The maximum absolute atomic E-state index is 13.2. The van der Waals surface area contributed by atoms with Gasteiger partial charge in [0.1, 0.15) is 5.69 Å². The lowest BCUT2D eigenvalue weighted by Gasteiger charge is -2.24. The fourth-order valence-corrected chi connectivity index (χ4v) is 3.93. The molecule has 4 rings (SSSR count). The highest BCUT2D eigenvalue weighted by atomic mass is 16.2. The van der Waals surface area contributed by atoms with E-state index in [1.54, 1.807) is 29.1 Å². The predicted molar refractivity (Wildman–Crippen MR) is 107 cm³/mol. The van der Waals surface area contributed by atoms with Gasteiger partial charge in [-0.25, -0.2) is 0 Å². The van der Waals surface area contributed by atoms with Gasteiger partial charge < -0.3 is 9.88 Å². The summed E-state index contributed by atoms with van der Waals surface area (Å²) in [6.07, 6.45) is 9.15. The molecule has 1 aliphatic carbocycles. The van der Waals surface area contributed by atoms with Gasteiger partial charge in [0.05, 0.1) is 0 Å². The maximum atomic E-state index is 13.2. The molecule has 0 atom stereocenters. The summed E-state index contributed by atoms with van der Waals surface area (Å²) in [4.78, 5) is 30.1. The van der Waals surface area contributed by atoms with Crippen LogP contribution < -0.4 is 10.9 Å². The number of rotatable bonds is 4. The summed E-state index contributed by atoms with van der Waals surface area (Å²) in [5.74, 6) is 0.185. The number of carbonyl (C=O) groups is 1. The Kier molecular flexibility index (Phi) is 5.01. The van der Waals surface area contributed by atoms with E-state index in [4.69, 9.17) is 0 Å². The van der Waals surface area contributed by atoms with Crippen LogP contribution in [0.3, 0.4) is 0 Å². The van der Waals surface area contributed by atoms with E-state index < -0.39 is 0 Å². The molecule has 1 N–H and O–H groups in total. The first-order chi connectivity index (χ1) is 13.2. The number of hydrogen-bond donors (Lipinski definition) is 1. The minimum atomic E-state index is -0.264. The van der Waals surface area contributed by atoms with E-state index in [-0.39, 0.29) is 11.5 Å². The monoisotopic (exact) mass is 361 g/mol.